The molecule has 0 bridgehead atoms. The molecule has 6 heteroatoms. The second-order valence-electron chi connectivity index (χ2n) is 3.37. The van der Waals surface area contributed by atoms with Crippen LogP contribution in [-0.2, 0) is 11.3 Å². The summed E-state index contributed by atoms with van der Waals surface area (Å²) >= 11 is 3.38. The van der Waals surface area contributed by atoms with Crippen molar-refractivity contribution in [3.63, 3.8) is 0 Å². The topological polar surface area (TPSA) is 81.1 Å². The monoisotopic (exact) mass is 283 g/mol. The molecule has 0 atom stereocenters. The lowest BCUT2D eigenvalue weighted by Crippen LogP contribution is -2.07. The van der Waals surface area contributed by atoms with E-state index in [1.54, 1.807) is 4.57 Å². The van der Waals surface area contributed by atoms with Crippen molar-refractivity contribution >= 4 is 38.9 Å². The Morgan fingerprint density at radius 2 is 2.31 bits per heavy atom. The second kappa shape index (κ2) is 4.13. The van der Waals surface area contributed by atoms with E-state index >= 15 is 0 Å². The number of carboxylic acid groups (broad SMARTS) is 1. The molecule has 3 N–H and O–H groups in total. The lowest BCUT2D eigenvalue weighted by Gasteiger charge is -2.03. The van der Waals surface area contributed by atoms with E-state index in [1.807, 2.05) is 18.2 Å². The van der Waals surface area contributed by atoms with Crippen molar-refractivity contribution in [2.24, 2.45) is 0 Å². The Balaban J connectivity index is 2.48. The molecule has 0 aliphatic carbocycles. The number of anilines is 1. The van der Waals surface area contributed by atoms with E-state index in [-0.39, 0.29) is 6.42 Å². The third kappa shape index (κ3) is 1.88. The smallest absolute Gasteiger partial charge is 0.305 e. The van der Waals surface area contributed by atoms with Gasteiger partial charge in [0.05, 0.1) is 11.9 Å². The maximum absolute atomic E-state index is 10.5. The molecule has 0 saturated carbocycles. The number of rotatable bonds is 3. The van der Waals surface area contributed by atoms with Crippen LogP contribution in [0.3, 0.4) is 0 Å². The molecule has 16 heavy (non-hydrogen) atoms. The zero-order valence-electron chi connectivity index (χ0n) is 8.35. The summed E-state index contributed by atoms with van der Waals surface area (Å²) < 4.78 is 2.56. The van der Waals surface area contributed by atoms with Gasteiger partial charge in [0, 0.05) is 11.0 Å². The van der Waals surface area contributed by atoms with E-state index in [4.69, 9.17) is 10.8 Å². The maximum atomic E-state index is 10.5. The summed E-state index contributed by atoms with van der Waals surface area (Å²) in [5.74, 6) is -0.514. The molecule has 84 valence electrons. The quantitative estimate of drug-likeness (QED) is 0.901. The average Bonchev–Trinajstić information content (AvgIpc) is 2.53. The highest BCUT2D eigenvalue weighted by Crippen LogP contribution is 2.25. The van der Waals surface area contributed by atoms with Gasteiger partial charge in [0.2, 0.25) is 5.95 Å². The van der Waals surface area contributed by atoms with Crippen molar-refractivity contribution in [3.05, 3.63) is 22.7 Å². The summed E-state index contributed by atoms with van der Waals surface area (Å²) in [5, 5.41) is 8.65. The number of aliphatic carboxylic acids is 1. The van der Waals surface area contributed by atoms with Gasteiger partial charge in [-0.2, -0.15) is 0 Å². The fraction of sp³-hybridized carbons (Fsp3) is 0.200. The van der Waals surface area contributed by atoms with Crippen LogP contribution >= 0.6 is 15.9 Å². The second-order valence-corrected chi connectivity index (χ2v) is 4.23. The van der Waals surface area contributed by atoms with Crippen LogP contribution in [0.2, 0.25) is 0 Å². The average molecular weight is 284 g/mol. The number of nitrogen functional groups attached to an aromatic ring is 1. The van der Waals surface area contributed by atoms with Gasteiger partial charge < -0.3 is 15.4 Å². The minimum atomic E-state index is -0.851. The third-order valence-electron chi connectivity index (χ3n) is 2.31. The first-order valence-electron chi connectivity index (χ1n) is 4.71. The van der Waals surface area contributed by atoms with Crippen LogP contribution in [0.25, 0.3) is 11.0 Å². The van der Waals surface area contributed by atoms with E-state index < -0.39 is 5.97 Å². The normalized spacial score (nSPS) is 10.8. The molecule has 0 unspecified atom stereocenters. The number of benzene rings is 1. The van der Waals surface area contributed by atoms with E-state index in [0.29, 0.717) is 12.5 Å². The summed E-state index contributed by atoms with van der Waals surface area (Å²) in [6.07, 6.45) is 0.0299. The van der Waals surface area contributed by atoms with Gasteiger partial charge >= 0.3 is 5.97 Å². The molecule has 0 aliphatic rings. The van der Waals surface area contributed by atoms with Gasteiger partial charge in [-0.15, -0.1) is 0 Å². The first-order chi connectivity index (χ1) is 7.59. The zero-order valence-corrected chi connectivity index (χ0v) is 9.94. The summed E-state index contributed by atoms with van der Waals surface area (Å²) in [7, 11) is 0. The predicted octanol–water partition coefficient (Wildman–Crippen LogP) is 1.86. The first-order valence-corrected chi connectivity index (χ1v) is 5.51. The molecular formula is C10H10BrN3O2. The van der Waals surface area contributed by atoms with Gasteiger partial charge in [-0.3, -0.25) is 4.79 Å². The fourth-order valence-corrected chi connectivity index (χ4v) is 2.02. The molecule has 2 rings (SSSR count). The van der Waals surface area contributed by atoms with Crippen molar-refractivity contribution in [1.82, 2.24) is 9.55 Å². The number of aromatic nitrogens is 2. The molecule has 2 aromatic rings. The van der Waals surface area contributed by atoms with Crippen molar-refractivity contribution < 1.29 is 9.90 Å². The molecule has 1 heterocycles. The van der Waals surface area contributed by atoms with Crippen LogP contribution in [0.15, 0.2) is 22.7 Å². The SMILES string of the molecule is Nc1nc2c(Br)cccc2n1CCC(=O)O. The number of carbonyl (C=O) groups is 1. The molecular weight excluding hydrogens is 274 g/mol. The van der Waals surface area contributed by atoms with Crippen molar-refractivity contribution in [2.45, 2.75) is 13.0 Å². The number of para-hydroxylation sites is 1. The number of fused-ring (bicyclic) bond motifs is 1. The maximum Gasteiger partial charge on any atom is 0.305 e. The number of imidazole rings is 1. The number of hydrogen-bond acceptors (Lipinski definition) is 3. The minimum Gasteiger partial charge on any atom is -0.481 e. The molecule has 0 aliphatic heterocycles. The van der Waals surface area contributed by atoms with Gasteiger partial charge in [-0.25, -0.2) is 4.98 Å². The number of nitrogens with two attached hydrogens (primary N) is 1. The highest BCUT2D eigenvalue weighted by atomic mass is 79.9. The number of hydrogen-bond donors (Lipinski definition) is 2. The zero-order chi connectivity index (χ0) is 11.7. The van der Waals surface area contributed by atoms with E-state index in [2.05, 4.69) is 20.9 Å². The lowest BCUT2D eigenvalue weighted by molar-refractivity contribution is -0.137. The molecule has 0 radical (unpaired) electrons. The van der Waals surface area contributed by atoms with Crippen LogP contribution in [0.4, 0.5) is 5.95 Å². The van der Waals surface area contributed by atoms with Crippen molar-refractivity contribution in [3.8, 4) is 0 Å². The summed E-state index contributed by atoms with van der Waals surface area (Å²) in [6.45, 7) is 0.328. The number of carboxylic acids is 1. The van der Waals surface area contributed by atoms with Gasteiger partial charge in [0.15, 0.2) is 0 Å². The molecule has 1 aromatic carbocycles. The highest BCUT2D eigenvalue weighted by Gasteiger charge is 2.10. The van der Waals surface area contributed by atoms with E-state index in [1.165, 1.54) is 0 Å². The molecule has 0 amide bonds. The van der Waals surface area contributed by atoms with Gasteiger partial charge in [-0.1, -0.05) is 6.07 Å². The number of halogens is 1. The Bertz CT molecular complexity index is 550. The Morgan fingerprint density at radius 1 is 1.56 bits per heavy atom. The van der Waals surface area contributed by atoms with Crippen LogP contribution in [-0.4, -0.2) is 20.6 Å². The van der Waals surface area contributed by atoms with Crippen LogP contribution in [0.5, 0.6) is 0 Å². The van der Waals surface area contributed by atoms with Crippen molar-refractivity contribution in [1.29, 1.82) is 0 Å². The van der Waals surface area contributed by atoms with Gasteiger partial charge in [0.1, 0.15) is 5.52 Å². The third-order valence-corrected chi connectivity index (χ3v) is 2.95. The largest absolute Gasteiger partial charge is 0.481 e. The molecule has 1 aromatic heterocycles. The molecule has 0 spiro atoms. The Labute approximate surface area is 100 Å². The number of nitrogens with zero attached hydrogens (tertiary/aromatic N) is 2. The van der Waals surface area contributed by atoms with Crippen LogP contribution in [0, 0.1) is 0 Å². The Kier molecular flexibility index (Phi) is 2.82. The number of aryl methyl sites for hydroxylation is 1. The summed E-state index contributed by atoms with van der Waals surface area (Å²) in [6, 6.07) is 5.60. The molecule has 5 nitrogen and oxygen atoms in total. The van der Waals surface area contributed by atoms with Crippen LogP contribution in [0.1, 0.15) is 6.42 Å². The van der Waals surface area contributed by atoms with Crippen LogP contribution < -0.4 is 5.73 Å². The van der Waals surface area contributed by atoms with E-state index in [0.717, 1.165) is 15.5 Å². The van der Waals surface area contributed by atoms with E-state index in [9.17, 15) is 4.79 Å². The van der Waals surface area contributed by atoms with Gasteiger partial charge in [-0.05, 0) is 28.1 Å². The lowest BCUT2D eigenvalue weighted by atomic mass is 10.3. The summed E-state index contributed by atoms with van der Waals surface area (Å²) in [5.41, 5.74) is 7.34. The molecule has 0 saturated heterocycles. The Hall–Kier alpha value is -1.56. The molecule has 0 fully saturated rings. The van der Waals surface area contributed by atoms with Gasteiger partial charge in [0.25, 0.3) is 0 Å². The predicted molar refractivity (Wildman–Crippen MR) is 64.1 cm³/mol. The standard InChI is InChI=1S/C10H10BrN3O2/c11-6-2-1-3-7-9(6)13-10(12)14(7)5-4-8(15)16/h1-3H,4-5H2,(H2,12,13)(H,15,16). The minimum absolute atomic E-state index is 0.0299. The first kappa shape index (κ1) is 10.9. The highest BCUT2D eigenvalue weighted by molar-refractivity contribution is 9.10. The fourth-order valence-electron chi connectivity index (χ4n) is 1.57. The Morgan fingerprint density at radius 3 is 3.00 bits per heavy atom. The summed E-state index contributed by atoms with van der Waals surface area (Å²) in [4.78, 5) is 14.7. The van der Waals surface area contributed by atoms with Crippen molar-refractivity contribution in [2.75, 3.05) is 5.73 Å².